The van der Waals surface area contributed by atoms with Crippen molar-refractivity contribution in [1.82, 2.24) is 5.32 Å². The van der Waals surface area contributed by atoms with Crippen molar-refractivity contribution in [3.63, 3.8) is 0 Å². The average molecular weight is 330 g/mol. The van der Waals surface area contributed by atoms with Crippen LogP contribution in [0, 0.1) is 5.92 Å². The first kappa shape index (κ1) is 16.4. The molecule has 0 radical (unpaired) electrons. The molecule has 1 amide bonds. The maximum atomic E-state index is 12.2. The minimum absolute atomic E-state index is 0.0974. The number of carbonyl (C=O) groups is 1. The van der Waals surface area contributed by atoms with Crippen LogP contribution in [0.4, 0.5) is 0 Å². The number of halogens is 2. The van der Waals surface area contributed by atoms with Crippen LogP contribution in [-0.2, 0) is 4.79 Å². The normalized spacial score (nSPS) is 23.4. The molecule has 1 N–H and O–H groups in total. The van der Waals surface area contributed by atoms with E-state index in [-0.39, 0.29) is 11.9 Å². The van der Waals surface area contributed by atoms with Gasteiger partial charge in [0.15, 0.2) is 6.10 Å². The van der Waals surface area contributed by atoms with Gasteiger partial charge in [-0.1, -0.05) is 43.0 Å². The largest absolute Gasteiger partial charge is 0.479 e. The molecule has 0 aromatic heterocycles. The minimum atomic E-state index is -0.585. The van der Waals surface area contributed by atoms with Gasteiger partial charge in [0.25, 0.3) is 5.91 Å². The highest BCUT2D eigenvalue weighted by Gasteiger charge is 2.25. The van der Waals surface area contributed by atoms with E-state index in [1.165, 1.54) is 19.3 Å². The van der Waals surface area contributed by atoms with Gasteiger partial charge in [-0.3, -0.25) is 4.79 Å². The molecule has 0 spiro atoms. The SMILES string of the molecule is C[C@@H]1CCCC[C@@H]1NC(=O)[C@@H](C)Oc1ccc(Cl)cc1Cl. The Labute approximate surface area is 136 Å². The van der Waals surface area contributed by atoms with Crippen LogP contribution in [0.25, 0.3) is 0 Å². The number of amides is 1. The molecule has 1 aliphatic carbocycles. The van der Waals surface area contributed by atoms with Gasteiger partial charge in [-0.25, -0.2) is 0 Å². The molecule has 3 atom stereocenters. The molecular formula is C16H21Cl2NO2. The van der Waals surface area contributed by atoms with E-state index >= 15 is 0 Å². The molecule has 0 bridgehead atoms. The zero-order valence-corrected chi connectivity index (χ0v) is 13.9. The summed E-state index contributed by atoms with van der Waals surface area (Å²) in [5.74, 6) is 0.897. The van der Waals surface area contributed by atoms with Crippen LogP contribution >= 0.6 is 23.2 Å². The monoisotopic (exact) mass is 329 g/mol. The lowest BCUT2D eigenvalue weighted by Gasteiger charge is -2.30. The van der Waals surface area contributed by atoms with Gasteiger partial charge in [-0.15, -0.1) is 0 Å². The Morgan fingerprint density at radius 3 is 2.71 bits per heavy atom. The zero-order chi connectivity index (χ0) is 15.4. The highest BCUT2D eigenvalue weighted by atomic mass is 35.5. The van der Waals surface area contributed by atoms with Gasteiger partial charge < -0.3 is 10.1 Å². The fourth-order valence-electron chi connectivity index (χ4n) is 2.65. The molecule has 0 saturated heterocycles. The molecule has 5 heteroatoms. The van der Waals surface area contributed by atoms with E-state index in [1.54, 1.807) is 25.1 Å². The third-order valence-electron chi connectivity index (χ3n) is 4.01. The van der Waals surface area contributed by atoms with Crippen molar-refractivity contribution in [3.05, 3.63) is 28.2 Å². The molecule has 1 aliphatic rings. The molecule has 0 aliphatic heterocycles. The van der Waals surface area contributed by atoms with E-state index in [0.717, 1.165) is 6.42 Å². The van der Waals surface area contributed by atoms with Gasteiger partial charge in [0.2, 0.25) is 0 Å². The lowest BCUT2D eigenvalue weighted by Crippen LogP contribution is -2.46. The van der Waals surface area contributed by atoms with E-state index in [1.807, 2.05) is 0 Å². The summed E-state index contributed by atoms with van der Waals surface area (Å²) in [6.07, 6.45) is 4.05. The van der Waals surface area contributed by atoms with Crippen molar-refractivity contribution in [2.45, 2.75) is 51.7 Å². The van der Waals surface area contributed by atoms with Gasteiger partial charge in [0.1, 0.15) is 5.75 Å². The first-order valence-electron chi connectivity index (χ1n) is 7.39. The Kier molecular flexibility index (Phi) is 5.77. The van der Waals surface area contributed by atoms with E-state index < -0.39 is 6.10 Å². The molecule has 116 valence electrons. The van der Waals surface area contributed by atoms with E-state index in [0.29, 0.717) is 21.7 Å². The molecule has 0 unspecified atom stereocenters. The number of rotatable bonds is 4. The third-order valence-corrected chi connectivity index (χ3v) is 4.54. The van der Waals surface area contributed by atoms with E-state index in [4.69, 9.17) is 27.9 Å². The van der Waals surface area contributed by atoms with E-state index in [9.17, 15) is 4.79 Å². The summed E-state index contributed by atoms with van der Waals surface area (Å²) in [5, 5.41) is 4.04. The fraction of sp³-hybridized carbons (Fsp3) is 0.562. The van der Waals surface area contributed by atoms with Gasteiger partial charge >= 0.3 is 0 Å². The average Bonchev–Trinajstić information content (AvgIpc) is 2.44. The van der Waals surface area contributed by atoms with Crippen molar-refractivity contribution in [1.29, 1.82) is 0 Å². The number of ether oxygens (including phenoxy) is 1. The first-order chi connectivity index (χ1) is 9.97. The Bertz CT molecular complexity index is 507. The second-order valence-corrected chi connectivity index (χ2v) is 6.56. The molecule has 0 heterocycles. The highest BCUT2D eigenvalue weighted by molar-refractivity contribution is 6.35. The van der Waals surface area contributed by atoms with Gasteiger partial charge in [-0.05, 0) is 43.9 Å². The molecule has 1 fully saturated rings. The summed E-state index contributed by atoms with van der Waals surface area (Å²) in [5.41, 5.74) is 0. The lowest BCUT2D eigenvalue weighted by atomic mass is 9.86. The number of carbonyl (C=O) groups excluding carboxylic acids is 1. The van der Waals surface area contributed by atoms with Gasteiger partial charge in [0.05, 0.1) is 5.02 Å². The Balaban J connectivity index is 1.92. The van der Waals surface area contributed by atoms with Crippen LogP contribution in [0.3, 0.4) is 0 Å². The maximum absolute atomic E-state index is 12.2. The smallest absolute Gasteiger partial charge is 0.261 e. The minimum Gasteiger partial charge on any atom is -0.479 e. The summed E-state index contributed by atoms with van der Waals surface area (Å²) < 4.78 is 5.64. The van der Waals surface area contributed by atoms with Crippen molar-refractivity contribution in [3.8, 4) is 5.75 Å². The van der Waals surface area contributed by atoms with E-state index in [2.05, 4.69) is 12.2 Å². The molecule has 2 rings (SSSR count). The van der Waals surface area contributed by atoms with Crippen LogP contribution in [0.5, 0.6) is 5.75 Å². The fourth-order valence-corrected chi connectivity index (χ4v) is 3.10. The van der Waals surface area contributed by atoms with Crippen LogP contribution in [0.2, 0.25) is 10.0 Å². The van der Waals surface area contributed by atoms with Crippen molar-refractivity contribution in [2.75, 3.05) is 0 Å². The third kappa shape index (κ3) is 4.52. The highest BCUT2D eigenvalue weighted by Crippen LogP contribution is 2.28. The van der Waals surface area contributed by atoms with Crippen molar-refractivity contribution in [2.24, 2.45) is 5.92 Å². The standard InChI is InChI=1S/C16H21Cl2NO2/c1-10-5-3-4-6-14(10)19-16(20)11(2)21-15-8-7-12(17)9-13(15)18/h7-11,14H,3-6H2,1-2H3,(H,19,20)/t10-,11-,14+/m1/s1. The Morgan fingerprint density at radius 1 is 1.33 bits per heavy atom. The quantitative estimate of drug-likeness (QED) is 0.885. The topological polar surface area (TPSA) is 38.3 Å². The lowest BCUT2D eigenvalue weighted by molar-refractivity contribution is -0.128. The Hall–Kier alpha value is -0.930. The van der Waals surface area contributed by atoms with Gasteiger partial charge in [0, 0.05) is 11.1 Å². The summed E-state index contributed by atoms with van der Waals surface area (Å²) in [6, 6.07) is 5.22. The molecular weight excluding hydrogens is 309 g/mol. The number of benzene rings is 1. The summed E-state index contributed by atoms with van der Waals surface area (Å²) in [4.78, 5) is 12.2. The second-order valence-electron chi connectivity index (χ2n) is 5.71. The summed E-state index contributed by atoms with van der Waals surface area (Å²) in [7, 11) is 0. The number of nitrogens with one attached hydrogen (secondary N) is 1. The van der Waals surface area contributed by atoms with Crippen LogP contribution < -0.4 is 10.1 Å². The number of hydrogen-bond acceptors (Lipinski definition) is 2. The van der Waals surface area contributed by atoms with Crippen LogP contribution in [0.15, 0.2) is 18.2 Å². The molecule has 3 nitrogen and oxygen atoms in total. The van der Waals surface area contributed by atoms with Crippen molar-refractivity contribution < 1.29 is 9.53 Å². The Morgan fingerprint density at radius 2 is 2.05 bits per heavy atom. The summed E-state index contributed by atoms with van der Waals surface area (Å²) in [6.45, 7) is 3.92. The predicted octanol–water partition coefficient (Wildman–Crippen LogP) is 4.46. The van der Waals surface area contributed by atoms with Gasteiger partial charge in [-0.2, -0.15) is 0 Å². The zero-order valence-electron chi connectivity index (χ0n) is 12.4. The molecule has 21 heavy (non-hydrogen) atoms. The maximum Gasteiger partial charge on any atom is 0.261 e. The number of hydrogen-bond donors (Lipinski definition) is 1. The first-order valence-corrected chi connectivity index (χ1v) is 8.15. The second kappa shape index (κ2) is 7.37. The predicted molar refractivity (Wildman–Crippen MR) is 86.1 cm³/mol. The van der Waals surface area contributed by atoms with Crippen LogP contribution in [0.1, 0.15) is 39.5 Å². The summed E-state index contributed by atoms with van der Waals surface area (Å²) >= 11 is 11.9. The molecule has 1 saturated carbocycles. The molecule has 1 aromatic carbocycles. The molecule has 1 aromatic rings. The van der Waals surface area contributed by atoms with Crippen LogP contribution in [-0.4, -0.2) is 18.1 Å². The van der Waals surface area contributed by atoms with Crippen molar-refractivity contribution >= 4 is 29.1 Å².